The van der Waals surface area contributed by atoms with Gasteiger partial charge in [-0.25, -0.2) is 0 Å². The number of hydrogen-bond acceptors (Lipinski definition) is 3. The highest BCUT2D eigenvalue weighted by molar-refractivity contribution is 5.95. The van der Waals surface area contributed by atoms with E-state index in [0.717, 1.165) is 56.6 Å². The Kier molecular flexibility index (Phi) is 7.92. The summed E-state index contributed by atoms with van der Waals surface area (Å²) in [4.78, 5) is 28.2. The van der Waals surface area contributed by atoms with Gasteiger partial charge in [0.15, 0.2) is 0 Å². The molecule has 0 spiro atoms. The first kappa shape index (κ1) is 19.4. The summed E-state index contributed by atoms with van der Waals surface area (Å²) in [5, 5.41) is 3.23. The minimum atomic E-state index is 0.0858. The van der Waals surface area contributed by atoms with Crippen LogP contribution in [0.25, 0.3) is 0 Å². The van der Waals surface area contributed by atoms with E-state index >= 15 is 0 Å². The van der Waals surface area contributed by atoms with E-state index in [9.17, 15) is 9.59 Å². The highest BCUT2D eigenvalue weighted by Crippen LogP contribution is 2.19. The molecular weight excluding hydrogens is 314 g/mol. The van der Waals surface area contributed by atoms with E-state index in [1.54, 1.807) is 0 Å². The maximum absolute atomic E-state index is 12.5. The molecule has 1 aromatic rings. The summed E-state index contributed by atoms with van der Waals surface area (Å²) in [7, 11) is 0. The van der Waals surface area contributed by atoms with Crippen molar-refractivity contribution >= 4 is 17.5 Å². The summed E-state index contributed by atoms with van der Waals surface area (Å²) in [5.74, 6) is 0.368. The molecule has 0 aliphatic carbocycles. The third kappa shape index (κ3) is 5.85. The summed E-state index contributed by atoms with van der Waals surface area (Å²) < 4.78 is 0. The molecule has 0 bridgehead atoms. The van der Waals surface area contributed by atoms with E-state index in [1.165, 1.54) is 0 Å². The smallest absolute Gasteiger partial charge is 0.240 e. The topological polar surface area (TPSA) is 52.7 Å². The second-order valence-electron chi connectivity index (χ2n) is 6.65. The number of likely N-dealkylation sites (N-methyl/N-ethyl adjacent to an activating group) is 1. The molecule has 2 rings (SSSR count). The van der Waals surface area contributed by atoms with Crippen LogP contribution in [0.15, 0.2) is 24.3 Å². The molecule has 5 heteroatoms. The number of likely N-dealkylation sites (tertiary alicyclic amines) is 1. The summed E-state index contributed by atoms with van der Waals surface area (Å²) in [6.07, 6.45) is 4.86. The Hall–Kier alpha value is -1.88. The maximum Gasteiger partial charge on any atom is 0.240 e. The molecule has 1 heterocycles. The minimum Gasteiger partial charge on any atom is -0.343 e. The van der Waals surface area contributed by atoms with Gasteiger partial charge in [0.1, 0.15) is 0 Å². The molecule has 1 aliphatic rings. The molecule has 2 amide bonds. The van der Waals surface area contributed by atoms with Gasteiger partial charge < -0.3 is 15.1 Å². The Morgan fingerprint density at radius 3 is 2.80 bits per heavy atom. The van der Waals surface area contributed by atoms with E-state index in [1.807, 2.05) is 47.9 Å². The van der Waals surface area contributed by atoms with Gasteiger partial charge in [0, 0.05) is 31.7 Å². The summed E-state index contributed by atoms with van der Waals surface area (Å²) in [6.45, 7) is 7.43. The number of nitrogens with zero attached hydrogens (tertiary/aromatic N) is 2. The molecule has 0 saturated carbocycles. The average molecular weight is 345 g/mol. The lowest BCUT2D eigenvalue weighted by atomic mass is 10.2. The van der Waals surface area contributed by atoms with Crippen LogP contribution >= 0.6 is 0 Å². The molecule has 0 aromatic heterocycles. The molecule has 138 valence electrons. The summed E-state index contributed by atoms with van der Waals surface area (Å²) >= 11 is 0. The number of carbonyl (C=O) groups excluding carboxylic acids is 2. The second-order valence-corrected chi connectivity index (χ2v) is 6.65. The van der Waals surface area contributed by atoms with Crippen LogP contribution in [-0.4, -0.2) is 49.4 Å². The standard InChI is InChI=1S/C20H31N3O2/c1-3-23(18-11-7-6-10-17(18)2)20(25)16-21-13-9-15-22-14-8-4-5-12-19(22)24/h6-7,10-11,21H,3-5,8-9,12-16H2,1-2H3. The zero-order chi connectivity index (χ0) is 18.1. The third-order valence-corrected chi connectivity index (χ3v) is 4.75. The van der Waals surface area contributed by atoms with Gasteiger partial charge in [-0.2, -0.15) is 0 Å². The predicted molar refractivity (Wildman–Crippen MR) is 102 cm³/mol. The zero-order valence-corrected chi connectivity index (χ0v) is 15.6. The first-order chi connectivity index (χ1) is 12.1. The number of carbonyl (C=O) groups is 2. The first-order valence-electron chi connectivity index (χ1n) is 9.48. The van der Waals surface area contributed by atoms with Crippen LogP contribution in [0.1, 0.15) is 44.6 Å². The van der Waals surface area contributed by atoms with Gasteiger partial charge in [0.25, 0.3) is 0 Å². The van der Waals surface area contributed by atoms with Crippen molar-refractivity contribution < 1.29 is 9.59 Å². The number of anilines is 1. The Morgan fingerprint density at radius 1 is 1.24 bits per heavy atom. The Bertz CT molecular complexity index is 574. The lowest BCUT2D eigenvalue weighted by Crippen LogP contribution is -2.39. The lowest BCUT2D eigenvalue weighted by molar-refractivity contribution is -0.130. The number of para-hydroxylation sites is 1. The van der Waals surface area contributed by atoms with E-state index in [-0.39, 0.29) is 11.8 Å². The van der Waals surface area contributed by atoms with E-state index in [4.69, 9.17) is 0 Å². The van der Waals surface area contributed by atoms with Crippen molar-refractivity contribution in [1.29, 1.82) is 0 Å². The fourth-order valence-corrected chi connectivity index (χ4v) is 3.31. The van der Waals surface area contributed by atoms with Crippen molar-refractivity contribution in [3.63, 3.8) is 0 Å². The van der Waals surface area contributed by atoms with Crippen molar-refractivity contribution in [2.24, 2.45) is 0 Å². The normalized spacial score (nSPS) is 15.1. The van der Waals surface area contributed by atoms with Gasteiger partial charge >= 0.3 is 0 Å². The summed E-state index contributed by atoms with van der Waals surface area (Å²) in [5.41, 5.74) is 2.09. The van der Waals surface area contributed by atoms with Crippen LogP contribution in [0.3, 0.4) is 0 Å². The van der Waals surface area contributed by atoms with Gasteiger partial charge in [-0.05, 0) is 51.3 Å². The van der Waals surface area contributed by atoms with Gasteiger partial charge in [0.2, 0.25) is 11.8 Å². The molecule has 5 nitrogen and oxygen atoms in total. The Balaban J connectivity index is 1.72. The highest BCUT2D eigenvalue weighted by atomic mass is 16.2. The number of rotatable bonds is 8. The predicted octanol–water partition coefficient (Wildman–Crippen LogP) is 2.73. The molecule has 0 atom stereocenters. The second kappa shape index (κ2) is 10.2. The zero-order valence-electron chi connectivity index (χ0n) is 15.6. The SMILES string of the molecule is CCN(C(=O)CNCCCN1CCCCCC1=O)c1ccccc1C. The molecule has 1 fully saturated rings. The van der Waals surface area contributed by atoms with E-state index in [2.05, 4.69) is 5.32 Å². The van der Waals surface area contributed by atoms with Crippen molar-refractivity contribution in [2.75, 3.05) is 37.6 Å². The average Bonchev–Trinajstić information content (AvgIpc) is 2.81. The van der Waals surface area contributed by atoms with Crippen LogP contribution in [0.2, 0.25) is 0 Å². The minimum absolute atomic E-state index is 0.0858. The monoisotopic (exact) mass is 345 g/mol. The van der Waals surface area contributed by atoms with Crippen molar-refractivity contribution in [3.05, 3.63) is 29.8 Å². The van der Waals surface area contributed by atoms with Gasteiger partial charge in [0.05, 0.1) is 6.54 Å². The van der Waals surface area contributed by atoms with Gasteiger partial charge in [-0.3, -0.25) is 9.59 Å². The van der Waals surface area contributed by atoms with Crippen LogP contribution in [0, 0.1) is 6.92 Å². The van der Waals surface area contributed by atoms with Crippen LogP contribution in [0.4, 0.5) is 5.69 Å². The molecule has 1 N–H and O–H groups in total. The highest BCUT2D eigenvalue weighted by Gasteiger charge is 2.17. The number of amides is 2. The molecule has 1 aromatic carbocycles. The van der Waals surface area contributed by atoms with Gasteiger partial charge in [-0.15, -0.1) is 0 Å². The van der Waals surface area contributed by atoms with Crippen molar-refractivity contribution in [1.82, 2.24) is 10.2 Å². The maximum atomic E-state index is 12.5. The fraction of sp³-hybridized carbons (Fsp3) is 0.600. The Morgan fingerprint density at radius 2 is 2.04 bits per heavy atom. The van der Waals surface area contributed by atoms with Crippen LogP contribution in [0.5, 0.6) is 0 Å². The first-order valence-corrected chi connectivity index (χ1v) is 9.48. The summed E-state index contributed by atoms with van der Waals surface area (Å²) in [6, 6.07) is 7.96. The van der Waals surface area contributed by atoms with Crippen molar-refractivity contribution in [2.45, 2.75) is 46.0 Å². The van der Waals surface area contributed by atoms with Crippen LogP contribution < -0.4 is 10.2 Å². The lowest BCUT2D eigenvalue weighted by Gasteiger charge is -2.23. The number of nitrogens with one attached hydrogen (secondary N) is 1. The molecule has 0 radical (unpaired) electrons. The van der Waals surface area contributed by atoms with E-state index in [0.29, 0.717) is 19.5 Å². The van der Waals surface area contributed by atoms with E-state index < -0.39 is 0 Å². The quantitative estimate of drug-likeness (QED) is 0.737. The number of benzene rings is 1. The molecular formula is C20H31N3O2. The fourth-order valence-electron chi connectivity index (χ4n) is 3.31. The van der Waals surface area contributed by atoms with Crippen molar-refractivity contribution in [3.8, 4) is 0 Å². The molecule has 1 aliphatic heterocycles. The molecule has 0 unspecified atom stereocenters. The van der Waals surface area contributed by atoms with Gasteiger partial charge in [-0.1, -0.05) is 24.6 Å². The molecule has 1 saturated heterocycles. The third-order valence-electron chi connectivity index (χ3n) is 4.75. The van der Waals surface area contributed by atoms with Crippen LogP contribution in [-0.2, 0) is 9.59 Å². The Labute approximate surface area is 151 Å². The number of aryl methyl sites for hydroxylation is 1. The number of hydrogen-bond donors (Lipinski definition) is 1. The molecule has 25 heavy (non-hydrogen) atoms. The largest absolute Gasteiger partial charge is 0.343 e.